The average Bonchev–Trinajstić information content (AvgIpc) is 2.89. The summed E-state index contributed by atoms with van der Waals surface area (Å²) in [6.45, 7) is -0.252. The van der Waals surface area contributed by atoms with E-state index in [0.29, 0.717) is 0 Å². The van der Waals surface area contributed by atoms with Crippen LogP contribution in [0.1, 0.15) is 11.8 Å². The lowest BCUT2D eigenvalue weighted by molar-refractivity contribution is -0.149. The molecule has 0 saturated carbocycles. The first kappa shape index (κ1) is 18.1. The van der Waals surface area contributed by atoms with Gasteiger partial charge >= 0.3 is 11.7 Å². The lowest BCUT2D eigenvalue weighted by atomic mass is 10.1. The van der Waals surface area contributed by atoms with Crippen molar-refractivity contribution in [3.63, 3.8) is 0 Å². The number of carbonyl (C=O) groups excluding carboxylic acids is 1. The van der Waals surface area contributed by atoms with Crippen LogP contribution in [0.5, 0.6) is 0 Å². The van der Waals surface area contributed by atoms with Crippen LogP contribution in [0, 0.1) is 0 Å². The Bertz CT molecular complexity index is 825. The van der Waals surface area contributed by atoms with Gasteiger partial charge in [0.25, 0.3) is 0 Å². The number of nitrogens with two attached hydrogens (primary N) is 1. The molecule has 1 aliphatic rings. The van der Waals surface area contributed by atoms with E-state index in [1.165, 1.54) is 12.3 Å². The first-order valence-corrected chi connectivity index (χ1v) is 8.01. The third kappa shape index (κ3) is 3.90. The third-order valence-electron chi connectivity index (χ3n) is 4.06. The largest absolute Gasteiger partial charge is 0.463 e. The van der Waals surface area contributed by atoms with Crippen LogP contribution in [0.25, 0.3) is 0 Å². The fourth-order valence-corrected chi connectivity index (χ4v) is 2.70. The van der Waals surface area contributed by atoms with Gasteiger partial charge in [-0.25, -0.2) is 4.79 Å². The second-order valence-corrected chi connectivity index (χ2v) is 5.93. The second kappa shape index (κ2) is 7.65. The van der Waals surface area contributed by atoms with Crippen molar-refractivity contribution in [1.82, 2.24) is 9.55 Å². The van der Waals surface area contributed by atoms with Gasteiger partial charge in [-0.05, 0) is 11.6 Å². The quantitative estimate of drug-likeness (QED) is 0.591. The lowest BCUT2D eigenvalue weighted by Gasteiger charge is -2.16. The van der Waals surface area contributed by atoms with Gasteiger partial charge in [0.05, 0.1) is 6.42 Å². The first-order chi connectivity index (χ1) is 12.5. The topological polar surface area (TPSA) is 137 Å². The number of aliphatic hydroxyl groups excluding tert-OH is 2. The van der Waals surface area contributed by atoms with E-state index in [-0.39, 0.29) is 18.8 Å². The van der Waals surface area contributed by atoms with Crippen molar-refractivity contribution in [2.24, 2.45) is 0 Å². The van der Waals surface area contributed by atoms with Gasteiger partial charge in [-0.1, -0.05) is 30.3 Å². The molecule has 2 aromatic rings. The van der Waals surface area contributed by atoms with Gasteiger partial charge in [-0.2, -0.15) is 4.98 Å². The van der Waals surface area contributed by atoms with Crippen molar-refractivity contribution in [3.05, 3.63) is 58.6 Å². The van der Waals surface area contributed by atoms with Crippen molar-refractivity contribution in [2.75, 3.05) is 12.3 Å². The Balaban J connectivity index is 1.61. The molecule has 1 aromatic carbocycles. The molecule has 0 aliphatic carbocycles. The van der Waals surface area contributed by atoms with Crippen LogP contribution >= 0.6 is 0 Å². The number of anilines is 1. The Morgan fingerprint density at radius 2 is 1.96 bits per heavy atom. The summed E-state index contributed by atoms with van der Waals surface area (Å²) in [5, 5.41) is 20.3. The Morgan fingerprint density at radius 3 is 2.65 bits per heavy atom. The maximum atomic E-state index is 11.9. The number of nitrogen functional groups attached to an aromatic ring is 1. The number of aliphatic hydroxyl groups is 2. The summed E-state index contributed by atoms with van der Waals surface area (Å²) in [6.07, 6.45) is -3.43. The number of esters is 1. The van der Waals surface area contributed by atoms with E-state index in [4.69, 9.17) is 15.2 Å². The number of nitrogens with zero attached hydrogens (tertiary/aromatic N) is 2. The number of rotatable bonds is 5. The molecule has 3 rings (SSSR count). The van der Waals surface area contributed by atoms with Crippen LogP contribution in [-0.2, 0) is 20.7 Å². The summed E-state index contributed by atoms with van der Waals surface area (Å²) >= 11 is 0. The highest BCUT2D eigenvalue weighted by Gasteiger charge is 2.44. The van der Waals surface area contributed by atoms with E-state index >= 15 is 0 Å². The molecule has 9 nitrogen and oxygen atoms in total. The van der Waals surface area contributed by atoms with Crippen LogP contribution in [0.2, 0.25) is 0 Å². The Kier molecular flexibility index (Phi) is 5.31. The van der Waals surface area contributed by atoms with Crippen molar-refractivity contribution < 1.29 is 24.5 Å². The normalized spacial score (nSPS) is 25.2. The Labute approximate surface area is 148 Å². The molecule has 1 aromatic heterocycles. The van der Waals surface area contributed by atoms with Gasteiger partial charge in [0.1, 0.15) is 30.7 Å². The van der Waals surface area contributed by atoms with Crippen LogP contribution in [0.4, 0.5) is 5.82 Å². The fourth-order valence-electron chi connectivity index (χ4n) is 2.70. The van der Waals surface area contributed by atoms with Crippen LogP contribution in [-0.4, -0.2) is 50.7 Å². The third-order valence-corrected chi connectivity index (χ3v) is 4.06. The summed E-state index contributed by atoms with van der Waals surface area (Å²) < 4.78 is 11.6. The minimum atomic E-state index is -1.38. The van der Waals surface area contributed by atoms with E-state index in [0.717, 1.165) is 10.1 Å². The van der Waals surface area contributed by atoms with Crippen LogP contribution in [0.3, 0.4) is 0 Å². The van der Waals surface area contributed by atoms with Crippen LogP contribution in [0.15, 0.2) is 47.4 Å². The summed E-state index contributed by atoms with van der Waals surface area (Å²) in [5.74, 6) is -0.457. The molecule has 1 fully saturated rings. The molecule has 0 unspecified atom stereocenters. The maximum absolute atomic E-state index is 11.9. The summed E-state index contributed by atoms with van der Waals surface area (Å²) in [4.78, 5) is 27.3. The number of benzene rings is 1. The van der Waals surface area contributed by atoms with Gasteiger partial charge in [-0.15, -0.1) is 0 Å². The Morgan fingerprint density at radius 1 is 1.23 bits per heavy atom. The van der Waals surface area contributed by atoms with Gasteiger partial charge in [0.15, 0.2) is 6.23 Å². The molecule has 26 heavy (non-hydrogen) atoms. The monoisotopic (exact) mass is 361 g/mol. The van der Waals surface area contributed by atoms with Gasteiger partial charge in [-0.3, -0.25) is 9.36 Å². The van der Waals surface area contributed by atoms with Gasteiger partial charge in [0, 0.05) is 6.20 Å². The summed E-state index contributed by atoms with van der Waals surface area (Å²) in [6, 6.07) is 10.4. The molecular weight excluding hydrogens is 342 g/mol. The zero-order valence-corrected chi connectivity index (χ0v) is 13.8. The molecule has 4 atom stereocenters. The summed E-state index contributed by atoms with van der Waals surface area (Å²) in [7, 11) is 0. The molecule has 138 valence electrons. The molecule has 1 saturated heterocycles. The molecule has 0 bridgehead atoms. The number of carbonyl (C=O) groups is 1. The molecule has 4 N–H and O–H groups in total. The molecule has 2 heterocycles. The molecule has 0 radical (unpaired) electrons. The number of hydrogen-bond donors (Lipinski definition) is 3. The standard InChI is InChI=1S/C17H19N3O6/c18-12-6-7-20(17(24)19-12)16-15(23)14(22)11(26-16)9-25-13(21)8-10-4-2-1-3-5-10/h1-7,11,14-16,22-23H,8-9H2,(H2,18,19,24)/t11-,14-,15+,16-/m1/s1. The van der Waals surface area contributed by atoms with Crippen molar-refractivity contribution in [1.29, 1.82) is 0 Å². The van der Waals surface area contributed by atoms with E-state index in [2.05, 4.69) is 4.98 Å². The minimum Gasteiger partial charge on any atom is -0.463 e. The zero-order chi connectivity index (χ0) is 18.7. The van der Waals surface area contributed by atoms with Crippen molar-refractivity contribution in [3.8, 4) is 0 Å². The van der Waals surface area contributed by atoms with Gasteiger partial charge < -0.3 is 25.4 Å². The zero-order valence-electron chi connectivity index (χ0n) is 13.8. The molecule has 1 aliphatic heterocycles. The van der Waals surface area contributed by atoms with Crippen molar-refractivity contribution in [2.45, 2.75) is 31.0 Å². The molecule has 0 amide bonds. The highest BCUT2D eigenvalue weighted by atomic mass is 16.6. The van der Waals surface area contributed by atoms with E-state index < -0.39 is 36.2 Å². The SMILES string of the molecule is Nc1ccn([C@@H]2O[C@H](COC(=O)Cc3ccccc3)[C@@H](O)[C@@H]2O)c(=O)n1. The fraction of sp³-hybridized carbons (Fsp3) is 0.353. The number of ether oxygens (including phenoxy) is 2. The van der Waals surface area contributed by atoms with Crippen LogP contribution < -0.4 is 11.4 Å². The van der Waals surface area contributed by atoms with E-state index in [1.54, 1.807) is 12.1 Å². The molecule has 9 heteroatoms. The smallest absolute Gasteiger partial charge is 0.351 e. The highest BCUT2D eigenvalue weighted by Crippen LogP contribution is 2.28. The molecule has 0 spiro atoms. The summed E-state index contributed by atoms with van der Waals surface area (Å²) in [5.41, 5.74) is 5.50. The number of hydrogen-bond acceptors (Lipinski definition) is 8. The van der Waals surface area contributed by atoms with E-state index in [9.17, 15) is 19.8 Å². The lowest BCUT2D eigenvalue weighted by Crippen LogP contribution is -2.36. The average molecular weight is 361 g/mol. The number of aromatic nitrogens is 2. The van der Waals surface area contributed by atoms with Crippen molar-refractivity contribution >= 4 is 11.8 Å². The van der Waals surface area contributed by atoms with Gasteiger partial charge in [0.2, 0.25) is 0 Å². The second-order valence-electron chi connectivity index (χ2n) is 5.93. The minimum absolute atomic E-state index is 0.0330. The predicted octanol–water partition coefficient (Wildman–Crippen LogP) is -0.769. The predicted molar refractivity (Wildman–Crippen MR) is 89.9 cm³/mol. The van der Waals surface area contributed by atoms with E-state index in [1.807, 2.05) is 18.2 Å². The molecular formula is C17H19N3O6. The highest BCUT2D eigenvalue weighted by molar-refractivity contribution is 5.72. The first-order valence-electron chi connectivity index (χ1n) is 8.01. The maximum Gasteiger partial charge on any atom is 0.351 e. The Hall–Kier alpha value is -2.75.